The van der Waals surface area contributed by atoms with Crippen LogP contribution in [0, 0.1) is 0 Å². The van der Waals surface area contributed by atoms with Crippen molar-refractivity contribution in [2.24, 2.45) is 0 Å². The van der Waals surface area contributed by atoms with Gasteiger partial charge in [0.05, 0.1) is 12.0 Å². The van der Waals surface area contributed by atoms with Gasteiger partial charge in [0.1, 0.15) is 5.75 Å². The van der Waals surface area contributed by atoms with Crippen LogP contribution in [-0.2, 0) is 23.1 Å². The number of benzene rings is 2. The molecule has 136 valence electrons. The summed E-state index contributed by atoms with van der Waals surface area (Å²) in [4.78, 5) is 0.343. The summed E-state index contributed by atoms with van der Waals surface area (Å²) in [5.74, 6) is 0.841. The van der Waals surface area contributed by atoms with Crippen molar-refractivity contribution >= 4 is 10.0 Å². The Morgan fingerprint density at radius 2 is 1.36 bits per heavy atom. The van der Waals surface area contributed by atoms with Crippen molar-refractivity contribution in [3.05, 3.63) is 59.7 Å². The highest BCUT2D eigenvalue weighted by Gasteiger charge is 2.20. The predicted octanol–water partition coefficient (Wildman–Crippen LogP) is 3.02. The van der Waals surface area contributed by atoms with E-state index < -0.39 is 10.0 Å². The van der Waals surface area contributed by atoms with Gasteiger partial charge in [0, 0.05) is 26.2 Å². The van der Waals surface area contributed by atoms with Crippen LogP contribution in [0.3, 0.4) is 0 Å². The van der Waals surface area contributed by atoms with E-state index in [0.29, 0.717) is 24.5 Å². The first-order valence-electron chi connectivity index (χ1n) is 8.44. The maximum Gasteiger partial charge on any atom is 0.243 e. The van der Waals surface area contributed by atoms with Crippen molar-refractivity contribution in [1.82, 2.24) is 9.62 Å². The summed E-state index contributed by atoms with van der Waals surface area (Å²) in [6.07, 6.45) is 0. The monoisotopic (exact) mass is 362 g/mol. The summed E-state index contributed by atoms with van der Waals surface area (Å²) in [6, 6.07) is 15.0. The van der Waals surface area contributed by atoms with Crippen LogP contribution < -0.4 is 10.1 Å². The predicted molar refractivity (Wildman–Crippen MR) is 100 cm³/mol. The molecule has 6 heteroatoms. The Balaban J connectivity index is 1.93. The van der Waals surface area contributed by atoms with Gasteiger partial charge in [-0.25, -0.2) is 8.42 Å². The number of ether oxygens (including phenoxy) is 1. The summed E-state index contributed by atoms with van der Waals surface area (Å²) in [5, 5.41) is 3.36. The molecule has 0 aliphatic heterocycles. The summed E-state index contributed by atoms with van der Waals surface area (Å²) in [7, 11) is -1.74. The molecule has 0 saturated heterocycles. The second kappa shape index (κ2) is 8.99. The minimum absolute atomic E-state index is 0.343. The van der Waals surface area contributed by atoms with Crippen LogP contribution in [0.4, 0.5) is 0 Å². The van der Waals surface area contributed by atoms with E-state index in [9.17, 15) is 8.42 Å². The van der Waals surface area contributed by atoms with Crippen molar-refractivity contribution in [2.45, 2.75) is 31.8 Å². The Kier molecular flexibility index (Phi) is 6.99. The number of hydrogen-bond donors (Lipinski definition) is 1. The van der Waals surface area contributed by atoms with Crippen molar-refractivity contribution in [1.29, 1.82) is 0 Å². The maximum absolute atomic E-state index is 12.5. The number of hydrogen-bond acceptors (Lipinski definition) is 4. The molecule has 0 aliphatic carbocycles. The lowest BCUT2D eigenvalue weighted by molar-refractivity contribution is 0.414. The van der Waals surface area contributed by atoms with Crippen LogP contribution in [-0.4, -0.2) is 32.9 Å². The Morgan fingerprint density at radius 3 is 1.80 bits per heavy atom. The third kappa shape index (κ3) is 5.04. The zero-order chi connectivity index (χ0) is 18.3. The van der Waals surface area contributed by atoms with E-state index in [-0.39, 0.29) is 0 Å². The Labute approximate surface area is 150 Å². The van der Waals surface area contributed by atoms with Crippen LogP contribution in [0.15, 0.2) is 53.4 Å². The van der Waals surface area contributed by atoms with Crippen LogP contribution in [0.5, 0.6) is 5.75 Å². The van der Waals surface area contributed by atoms with Gasteiger partial charge in [-0.15, -0.1) is 0 Å². The largest absolute Gasteiger partial charge is 0.497 e. The quantitative estimate of drug-likeness (QED) is 0.745. The van der Waals surface area contributed by atoms with E-state index in [1.54, 1.807) is 19.2 Å². The highest BCUT2D eigenvalue weighted by molar-refractivity contribution is 7.89. The van der Waals surface area contributed by atoms with Crippen molar-refractivity contribution in [2.75, 3.05) is 20.2 Å². The average molecular weight is 362 g/mol. The van der Waals surface area contributed by atoms with E-state index in [1.165, 1.54) is 9.87 Å². The van der Waals surface area contributed by atoms with Crippen LogP contribution in [0.1, 0.15) is 25.0 Å². The molecule has 0 aliphatic rings. The first kappa shape index (κ1) is 19.4. The first-order chi connectivity index (χ1) is 12.0. The van der Waals surface area contributed by atoms with Crippen LogP contribution in [0.25, 0.3) is 0 Å². The molecule has 0 amide bonds. The topological polar surface area (TPSA) is 58.6 Å². The van der Waals surface area contributed by atoms with Gasteiger partial charge in [0.15, 0.2) is 0 Å². The molecule has 2 rings (SSSR count). The minimum atomic E-state index is -3.39. The molecule has 0 fully saturated rings. The molecule has 2 aromatic rings. The molecule has 25 heavy (non-hydrogen) atoms. The molecule has 0 radical (unpaired) electrons. The van der Waals surface area contributed by atoms with Crippen molar-refractivity contribution in [3.63, 3.8) is 0 Å². The lowest BCUT2D eigenvalue weighted by Crippen LogP contribution is -2.30. The third-order valence-corrected chi connectivity index (χ3v) is 6.15. The zero-order valence-corrected chi connectivity index (χ0v) is 15.8. The van der Waals surface area contributed by atoms with Crippen LogP contribution in [0.2, 0.25) is 0 Å². The maximum atomic E-state index is 12.5. The molecule has 0 saturated carbocycles. The van der Waals surface area contributed by atoms with Gasteiger partial charge in [-0.3, -0.25) is 0 Å². The highest BCUT2D eigenvalue weighted by Crippen LogP contribution is 2.16. The summed E-state index contributed by atoms with van der Waals surface area (Å²) < 4.78 is 31.5. The Morgan fingerprint density at radius 1 is 0.880 bits per heavy atom. The molecular weight excluding hydrogens is 336 g/mol. The van der Waals surface area contributed by atoms with Crippen LogP contribution >= 0.6 is 0 Å². The van der Waals surface area contributed by atoms with Gasteiger partial charge in [-0.1, -0.05) is 38.1 Å². The van der Waals surface area contributed by atoms with Gasteiger partial charge in [-0.2, -0.15) is 4.31 Å². The molecule has 0 unspecified atom stereocenters. The van der Waals surface area contributed by atoms with Gasteiger partial charge < -0.3 is 10.1 Å². The fourth-order valence-electron chi connectivity index (χ4n) is 2.59. The number of methoxy groups -OCH3 is 1. The lowest BCUT2D eigenvalue weighted by Gasteiger charge is -2.18. The summed E-state index contributed by atoms with van der Waals surface area (Å²) in [6.45, 7) is 6.06. The second-order valence-corrected chi connectivity index (χ2v) is 7.62. The number of rotatable bonds is 9. The van der Waals surface area contributed by atoms with Gasteiger partial charge in [-0.05, 0) is 35.4 Å². The third-order valence-electron chi connectivity index (χ3n) is 4.08. The SMILES string of the molecule is CCN(CC)S(=O)(=O)c1ccc(CNCc2ccc(OC)cc2)cc1. The van der Waals surface area contributed by atoms with Crippen molar-refractivity contribution in [3.8, 4) is 5.75 Å². The molecule has 0 bridgehead atoms. The minimum Gasteiger partial charge on any atom is -0.497 e. The number of nitrogens with one attached hydrogen (secondary N) is 1. The lowest BCUT2D eigenvalue weighted by atomic mass is 10.2. The molecule has 0 aromatic heterocycles. The van der Waals surface area contributed by atoms with Crippen molar-refractivity contribution < 1.29 is 13.2 Å². The van der Waals surface area contributed by atoms with E-state index in [1.807, 2.05) is 50.2 Å². The molecule has 1 N–H and O–H groups in total. The molecule has 0 heterocycles. The fourth-order valence-corrected chi connectivity index (χ4v) is 4.04. The normalized spacial score (nSPS) is 11.7. The Hall–Kier alpha value is -1.89. The average Bonchev–Trinajstić information content (AvgIpc) is 2.63. The summed E-state index contributed by atoms with van der Waals surface area (Å²) in [5.41, 5.74) is 2.22. The van der Waals surface area contributed by atoms with E-state index in [2.05, 4.69) is 5.32 Å². The standard InChI is InChI=1S/C19H26N2O3S/c1-4-21(5-2)25(22,23)19-12-8-17(9-13-19)15-20-14-16-6-10-18(24-3)11-7-16/h6-13,20H,4-5,14-15H2,1-3H3. The molecule has 0 atom stereocenters. The molecular formula is C19H26N2O3S. The number of sulfonamides is 1. The molecule has 0 spiro atoms. The van der Waals surface area contributed by atoms with E-state index >= 15 is 0 Å². The van der Waals surface area contributed by atoms with Gasteiger partial charge in [0.2, 0.25) is 10.0 Å². The number of nitrogens with zero attached hydrogens (tertiary/aromatic N) is 1. The highest BCUT2D eigenvalue weighted by atomic mass is 32.2. The van der Waals surface area contributed by atoms with E-state index in [4.69, 9.17) is 4.74 Å². The second-order valence-electron chi connectivity index (χ2n) is 5.68. The van der Waals surface area contributed by atoms with Gasteiger partial charge >= 0.3 is 0 Å². The summed E-state index contributed by atoms with van der Waals surface area (Å²) >= 11 is 0. The van der Waals surface area contributed by atoms with E-state index in [0.717, 1.165) is 17.9 Å². The smallest absolute Gasteiger partial charge is 0.243 e. The van der Waals surface area contributed by atoms with Gasteiger partial charge in [0.25, 0.3) is 0 Å². The zero-order valence-electron chi connectivity index (χ0n) is 15.0. The Bertz CT molecular complexity index is 752. The molecule has 2 aromatic carbocycles. The molecule has 5 nitrogen and oxygen atoms in total. The first-order valence-corrected chi connectivity index (χ1v) is 9.88. The fraction of sp³-hybridized carbons (Fsp3) is 0.368.